The molecule has 0 aliphatic heterocycles. The van der Waals surface area contributed by atoms with E-state index in [0.717, 1.165) is 0 Å². The maximum atomic E-state index is 13.3. The predicted octanol–water partition coefficient (Wildman–Crippen LogP) is 4.92. The molecular weight excluding hydrogens is 405 g/mol. The number of esters is 1. The van der Waals surface area contributed by atoms with Gasteiger partial charge in [0, 0.05) is 16.6 Å². The highest BCUT2D eigenvalue weighted by molar-refractivity contribution is 8.00. The lowest BCUT2D eigenvalue weighted by Gasteiger charge is -2.10. The fourth-order valence-electron chi connectivity index (χ4n) is 2.66. The summed E-state index contributed by atoms with van der Waals surface area (Å²) in [6.45, 7) is -0.0358. The van der Waals surface area contributed by atoms with Gasteiger partial charge in [0.1, 0.15) is 18.2 Å². The third-order valence-corrected chi connectivity index (χ3v) is 5.15. The second-order valence-corrected chi connectivity index (χ2v) is 7.29. The zero-order chi connectivity index (χ0) is 21.3. The number of rotatable bonds is 8. The fourth-order valence-corrected chi connectivity index (χ4v) is 3.50. The summed E-state index contributed by atoms with van der Waals surface area (Å²) in [5.41, 5.74) is 1.54. The number of carbonyl (C=O) groups is 2. The van der Waals surface area contributed by atoms with Gasteiger partial charge in [-0.05, 0) is 42.0 Å². The lowest BCUT2D eigenvalue weighted by molar-refractivity contribution is -0.113. The maximum Gasteiger partial charge on any atom is 0.339 e. The lowest BCUT2D eigenvalue weighted by Crippen LogP contribution is -2.14. The molecule has 0 fully saturated rings. The van der Waals surface area contributed by atoms with Crippen molar-refractivity contribution in [3.05, 3.63) is 89.7 Å². The first kappa shape index (κ1) is 21.4. The van der Waals surface area contributed by atoms with E-state index in [2.05, 4.69) is 5.32 Å². The molecule has 0 heterocycles. The van der Waals surface area contributed by atoms with Gasteiger partial charge in [-0.25, -0.2) is 9.18 Å². The van der Waals surface area contributed by atoms with E-state index in [0.29, 0.717) is 27.5 Å². The number of hydrogen-bond acceptors (Lipinski definition) is 5. The molecule has 0 spiro atoms. The number of hydrogen-bond donors (Lipinski definition) is 1. The van der Waals surface area contributed by atoms with Crippen molar-refractivity contribution in [3.63, 3.8) is 0 Å². The molecule has 3 rings (SSSR count). The molecule has 0 aliphatic carbocycles. The number of benzene rings is 3. The third kappa shape index (κ3) is 6.09. The molecule has 1 N–H and O–H groups in total. The Hall–Kier alpha value is -3.32. The Bertz CT molecular complexity index is 1040. The zero-order valence-electron chi connectivity index (χ0n) is 16.3. The van der Waals surface area contributed by atoms with Gasteiger partial charge in [0.05, 0.1) is 18.4 Å². The van der Waals surface area contributed by atoms with Crippen molar-refractivity contribution in [1.82, 2.24) is 0 Å². The molecule has 1 amide bonds. The summed E-state index contributed by atoms with van der Waals surface area (Å²) in [6, 6.07) is 19.8. The Morgan fingerprint density at radius 1 is 1.00 bits per heavy atom. The van der Waals surface area contributed by atoms with Crippen LogP contribution in [0.4, 0.5) is 10.1 Å². The van der Waals surface area contributed by atoms with E-state index >= 15 is 0 Å². The Morgan fingerprint density at radius 3 is 2.60 bits per heavy atom. The number of anilines is 1. The summed E-state index contributed by atoms with van der Waals surface area (Å²) in [7, 11) is 1.56. The second-order valence-electron chi connectivity index (χ2n) is 6.27. The van der Waals surface area contributed by atoms with E-state index in [1.54, 1.807) is 67.8 Å². The minimum atomic E-state index is -0.532. The van der Waals surface area contributed by atoms with Gasteiger partial charge in [-0.3, -0.25) is 4.79 Å². The number of nitrogens with one attached hydrogen (secondary N) is 1. The van der Waals surface area contributed by atoms with Crippen LogP contribution in [0.3, 0.4) is 0 Å². The van der Waals surface area contributed by atoms with Gasteiger partial charge < -0.3 is 14.8 Å². The Kier molecular flexibility index (Phi) is 7.45. The van der Waals surface area contributed by atoms with Crippen molar-refractivity contribution in [1.29, 1.82) is 0 Å². The topological polar surface area (TPSA) is 64.6 Å². The first-order valence-corrected chi connectivity index (χ1v) is 10.1. The van der Waals surface area contributed by atoms with Gasteiger partial charge in [0.25, 0.3) is 0 Å². The maximum absolute atomic E-state index is 13.3. The van der Waals surface area contributed by atoms with Crippen LogP contribution in [0.15, 0.2) is 77.7 Å². The van der Waals surface area contributed by atoms with Crippen LogP contribution in [0.5, 0.6) is 5.75 Å². The molecule has 0 atom stereocenters. The van der Waals surface area contributed by atoms with Crippen LogP contribution in [0.25, 0.3) is 0 Å². The van der Waals surface area contributed by atoms with Crippen LogP contribution in [-0.4, -0.2) is 24.7 Å². The third-order valence-electron chi connectivity index (χ3n) is 4.08. The van der Waals surface area contributed by atoms with Gasteiger partial charge in [0.15, 0.2) is 0 Å². The molecule has 0 aromatic heterocycles. The van der Waals surface area contributed by atoms with Crippen LogP contribution >= 0.6 is 11.8 Å². The van der Waals surface area contributed by atoms with Gasteiger partial charge in [-0.2, -0.15) is 0 Å². The highest BCUT2D eigenvalue weighted by Crippen LogP contribution is 2.24. The Morgan fingerprint density at radius 2 is 1.80 bits per heavy atom. The molecule has 0 saturated carbocycles. The molecule has 0 saturated heterocycles. The molecule has 0 bridgehead atoms. The van der Waals surface area contributed by atoms with Crippen LogP contribution < -0.4 is 10.1 Å². The molecular formula is C23H20FNO4S. The standard InChI is InChI=1S/C23H20FNO4S/c1-28-19-9-5-8-18(13-19)25-22(26)15-30-21-11-3-2-10-20(21)23(27)29-14-16-6-4-7-17(24)12-16/h2-13H,14-15H2,1H3,(H,25,26). The molecule has 3 aromatic rings. The summed E-state index contributed by atoms with van der Waals surface area (Å²) in [5.74, 6) is -0.370. The van der Waals surface area contributed by atoms with E-state index in [1.165, 1.54) is 23.9 Å². The number of halogens is 1. The van der Waals surface area contributed by atoms with E-state index in [-0.39, 0.29) is 24.1 Å². The number of amides is 1. The van der Waals surface area contributed by atoms with Gasteiger partial charge >= 0.3 is 5.97 Å². The predicted molar refractivity (Wildman–Crippen MR) is 114 cm³/mol. The normalized spacial score (nSPS) is 10.3. The van der Waals surface area contributed by atoms with Crippen molar-refractivity contribution in [2.45, 2.75) is 11.5 Å². The van der Waals surface area contributed by atoms with Crippen molar-refractivity contribution in [2.24, 2.45) is 0 Å². The average molecular weight is 425 g/mol. The van der Waals surface area contributed by atoms with Crippen LogP contribution in [0.2, 0.25) is 0 Å². The molecule has 30 heavy (non-hydrogen) atoms. The largest absolute Gasteiger partial charge is 0.497 e. The minimum absolute atomic E-state index is 0.0358. The van der Waals surface area contributed by atoms with E-state index < -0.39 is 5.97 Å². The van der Waals surface area contributed by atoms with Crippen molar-refractivity contribution in [3.8, 4) is 5.75 Å². The second kappa shape index (κ2) is 10.5. The number of thioether (sulfide) groups is 1. The molecule has 5 nitrogen and oxygen atoms in total. The minimum Gasteiger partial charge on any atom is -0.497 e. The smallest absolute Gasteiger partial charge is 0.339 e. The van der Waals surface area contributed by atoms with Crippen molar-refractivity contribution < 1.29 is 23.5 Å². The average Bonchev–Trinajstić information content (AvgIpc) is 2.76. The molecule has 154 valence electrons. The fraction of sp³-hybridized carbons (Fsp3) is 0.130. The number of carbonyl (C=O) groups excluding carboxylic acids is 2. The molecule has 0 aliphatic rings. The van der Waals surface area contributed by atoms with E-state index in [9.17, 15) is 14.0 Å². The molecule has 3 aromatic carbocycles. The van der Waals surface area contributed by atoms with Crippen molar-refractivity contribution in [2.75, 3.05) is 18.2 Å². The number of ether oxygens (including phenoxy) is 2. The van der Waals surface area contributed by atoms with Crippen LogP contribution in [0.1, 0.15) is 15.9 Å². The van der Waals surface area contributed by atoms with Crippen molar-refractivity contribution >= 4 is 29.3 Å². The summed E-state index contributed by atoms with van der Waals surface area (Å²) in [5, 5.41) is 2.80. The molecule has 7 heteroatoms. The van der Waals surface area contributed by atoms with Gasteiger partial charge in [-0.1, -0.05) is 30.3 Å². The van der Waals surface area contributed by atoms with Gasteiger partial charge in [0.2, 0.25) is 5.91 Å². The Labute approximate surface area is 178 Å². The van der Waals surface area contributed by atoms with E-state index in [1.807, 2.05) is 0 Å². The summed E-state index contributed by atoms with van der Waals surface area (Å²) < 4.78 is 23.7. The molecule has 0 unspecified atom stereocenters. The van der Waals surface area contributed by atoms with Gasteiger partial charge in [-0.15, -0.1) is 11.8 Å². The first-order valence-electron chi connectivity index (χ1n) is 9.12. The van der Waals surface area contributed by atoms with E-state index in [4.69, 9.17) is 9.47 Å². The SMILES string of the molecule is COc1cccc(NC(=O)CSc2ccccc2C(=O)OCc2cccc(F)c2)c1. The summed E-state index contributed by atoms with van der Waals surface area (Å²) in [6.07, 6.45) is 0. The number of methoxy groups -OCH3 is 1. The summed E-state index contributed by atoms with van der Waals surface area (Å²) in [4.78, 5) is 25.4. The molecule has 0 radical (unpaired) electrons. The first-order chi connectivity index (χ1) is 14.5. The highest BCUT2D eigenvalue weighted by atomic mass is 32.2. The highest BCUT2D eigenvalue weighted by Gasteiger charge is 2.14. The Balaban J connectivity index is 1.59. The van der Waals surface area contributed by atoms with Crippen LogP contribution in [-0.2, 0) is 16.1 Å². The quantitative estimate of drug-likeness (QED) is 0.410. The van der Waals surface area contributed by atoms with Crippen LogP contribution in [0, 0.1) is 5.82 Å². The monoisotopic (exact) mass is 425 g/mol. The lowest BCUT2D eigenvalue weighted by atomic mass is 10.2. The summed E-state index contributed by atoms with van der Waals surface area (Å²) >= 11 is 1.23. The zero-order valence-corrected chi connectivity index (χ0v) is 17.1.